The molecule has 21 heavy (non-hydrogen) atoms. The fourth-order valence-corrected chi connectivity index (χ4v) is 2.81. The van der Waals surface area contributed by atoms with Crippen LogP contribution >= 0.6 is 11.8 Å². The number of hydrogen-bond donors (Lipinski definition) is 1. The third-order valence-electron chi connectivity index (χ3n) is 2.86. The number of rotatable bonds is 3. The molecule has 0 saturated heterocycles. The number of aromatic carboxylic acids is 1. The molecule has 1 aromatic heterocycles. The van der Waals surface area contributed by atoms with Crippen LogP contribution in [0.25, 0.3) is 10.9 Å². The van der Waals surface area contributed by atoms with Crippen LogP contribution < -0.4 is 0 Å². The van der Waals surface area contributed by atoms with Gasteiger partial charge in [-0.1, -0.05) is 17.8 Å². The van der Waals surface area contributed by atoms with Crippen LogP contribution in [0.3, 0.4) is 0 Å². The molecule has 4 nitrogen and oxygen atoms in total. The van der Waals surface area contributed by atoms with E-state index in [2.05, 4.69) is 9.97 Å². The van der Waals surface area contributed by atoms with Crippen LogP contribution in [0.2, 0.25) is 0 Å². The summed E-state index contributed by atoms with van der Waals surface area (Å²) in [6, 6.07) is 10.9. The predicted octanol–water partition coefficient (Wildman–Crippen LogP) is 3.62. The van der Waals surface area contributed by atoms with Gasteiger partial charge < -0.3 is 5.11 Å². The van der Waals surface area contributed by atoms with Crippen molar-refractivity contribution in [3.63, 3.8) is 0 Å². The van der Waals surface area contributed by atoms with Crippen molar-refractivity contribution in [2.75, 3.05) is 0 Å². The van der Waals surface area contributed by atoms with Gasteiger partial charge in [0.25, 0.3) is 0 Å². The normalized spacial score (nSPS) is 10.7. The summed E-state index contributed by atoms with van der Waals surface area (Å²) in [5, 5.41) is 10.4. The summed E-state index contributed by atoms with van der Waals surface area (Å²) >= 11 is 1.31. The number of fused-ring (bicyclic) bond motifs is 1. The number of aromatic nitrogens is 2. The summed E-state index contributed by atoms with van der Waals surface area (Å²) in [4.78, 5) is 20.0. The molecular formula is C15H9FN2O2S. The second-order valence-corrected chi connectivity index (χ2v) is 5.34. The zero-order chi connectivity index (χ0) is 14.8. The first-order chi connectivity index (χ1) is 10.1. The number of carbonyl (C=O) groups is 1. The lowest BCUT2D eigenvalue weighted by Crippen LogP contribution is -1.96. The molecule has 0 atom stereocenters. The maximum absolute atomic E-state index is 13.2. The summed E-state index contributed by atoms with van der Waals surface area (Å²) in [5.74, 6) is -1.32. The molecule has 6 heteroatoms. The Morgan fingerprint density at radius 3 is 2.76 bits per heavy atom. The van der Waals surface area contributed by atoms with E-state index in [0.29, 0.717) is 10.5 Å². The number of hydrogen-bond acceptors (Lipinski definition) is 4. The summed E-state index contributed by atoms with van der Waals surface area (Å²) in [5.41, 5.74) is 0.715. The van der Waals surface area contributed by atoms with Gasteiger partial charge in [0.05, 0.1) is 11.1 Å². The van der Waals surface area contributed by atoms with Gasteiger partial charge in [0, 0.05) is 10.3 Å². The number of carboxylic acids is 1. The van der Waals surface area contributed by atoms with E-state index < -0.39 is 5.97 Å². The Hall–Kier alpha value is -2.47. The van der Waals surface area contributed by atoms with E-state index in [9.17, 15) is 9.18 Å². The van der Waals surface area contributed by atoms with Crippen LogP contribution in [0.15, 0.2) is 58.7 Å². The lowest BCUT2D eigenvalue weighted by molar-refractivity contribution is 0.0697. The molecule has 1 N–H and O–H groups in total. The Morgan fingerprint density at radius 2 is 2.00 bits per heavy atom. The van der Waals surface area contributed by atoms with Gasteiger partial charge in [0.15, 0.2) is 0 Å². The van der Waals surface area contributed by atoms with Crippen molar-refractivity contribution in [1.29, 1.82) is 0 Å². The highest BCUT2D eigenvalue weighted by Gasteiger charge is 2.09. The minimum Gasteiger partial charge on any atom is -0.478 e. The van der Waals surface area contributed by atoms with Crippen molar-refractivity contribution in [3.8, 4) is 0 Å². The van der Waals surface area contributed by atoms with E-state index in [4.69, 9.17) is 5.11 Å². The maximum Gasteiger partial charge on any atom is 0.335 e. The first kappa shape index (κ1) is 13.5. The highest BCUT2D eigenvalue weighted by Crippen LogP contribution is 2.31. The lowest BCUT2D eigenvalue weighted by atomic mass is 10.1. The molecule has 0 fully saturated rings. The van der Waals surface area contributed by atoms with Gasteiger partial charge >= 0.3 is 5.97 Å². The van der Waals surface area contributed by atoms with E-state index in [0.717, 1.165) is 10.3 Å². The second-order valence-electron chi connectivity index (χ2n) is 4.28. The quantitative estimate of drug-likeness (QED) is 0.748. The van der Waals surface area contributed by atoms with E-state index >= 15 is 0 Å². The Labute approximate surface area is 123 Å². The largest absolute Gasteiger partial charge is 0.478 e. The second kappa shape index (κ2) is 5.49. The van der Waals surface area contributed by atoms with Crippen molar-refractivity contribution in [3.05, 3.63) is 60.2 Å². The average Bonchev–Trinajstić information content (AvgIpc) is 2.47. The number of nitrogens with zero attached hydrogens (tertiary/aromatic N) is 2. The Kier molecular flexibility index (Phi) is 3.53. The van der Waals surface area contributed by atoms with Crippen LogP contribution in [0, 0.1) is 5.82 Å². The molecule has 3 rings (SSSR count). The van der Waals surface area contributed by atoms with Crippen molar-refractivity contribution in [1.82, 2.24) is 9.97 Å². The van der Waals surface area contributed by atoms with E-state index in [1.54, 1.807) is 18.2 Å². The summed E-state index contributed by atoms with van der Waals surface area (Å²) in [6.45, 7) is 0. The lowest BCUT2D eigenvalue weighted by Gasteiger charge is -2.05. The number of benzene rings is 2. The van der Waals surface area contributed by atoms with Gasteiger partial charge in [-0.25, -0.2) is 19.2 Å². The van der Waals surface area contributed by atoms with E-state index in [1.165, 1.54) is 42.4 Å². The summed E-state index contributed by atoms with van der Waals surface area (Å²) < 4.78 is 13.2. The monoisotopic (exact) mass is 300 g/mol. The van der Waals surface area contributed by atoms with Crippen LogP contribution in [0.4, 0.5) is 4.39 Å². The maximum atomic E-state index is 13.2. The molecule has 0 amide bonds. The first-order valence-corrected chi connectivity index (χ1v) is 6.86. The van der Waals surface area contributed by atoms with Crippen molar-refractivity contribution < 1.29 is 14.3 Å². The van der Waals surface area contributed by atoms with Gasteiger partial charge in [-0.05, 0) is 36.4 Å². The van der Waals surface area contributed by atoms with Gasteiger partial charge in [-0.2, -0.15) is 0 Å². The number of carboxylic acid groups (broad SMARTS) is 1. The first-order valence-electron chi connectivity index (χ1n) is 6.05. The highest BCUT2D eigenvalue weighted by molar-refractivity contribution is 7.99. The molecule has 0 unspecified atom stereocenters. The van der Waals surface area contributed by atoms with Gasteiger partial charge in [0.2, 0.25) is 0 Å². The standard InChI is InChI=1S/C15H9FN2O2S/c16-10-2-1-3-11(7-10)21-14-12-5-4-9(15(19)20)6-13(12)17-8-18-14/h1-8H,(H,19,20). The Morgan fingerprint density at radius 1 is 1.14 bits per heavy atom. The zero-order valence-electron chi connectivity index (χ0n) is 10.7. The molecule has 0 spiro atoms. The third kappa shape index (κ3) is 2.85. The topological polar surface area (TPSA) is 63.1 Å². The van der Waals surface area contributed by atoms with Crippen molar-refractivity contribution in [2.24, 2.45) is 0 Å². The summed E-state index contributed by atoms with van der Waals surface area (Å²) in [6.07, 6.45) is 1.37. The van der Waals surface area contributed by atoms with Crippen molar-refractivity contribution >= 4 is 28.6 Å². The average molecular weight is 300 g/mol. The fourth-order valence-electron chi connectivity index (χ4n) is 1.89. The summed E-state index contributed by atoms with van der Waals surface area (Å²) in [7, 11) is 0. The third-order valence-corrected chi connectivity index (χ3v) is 3.87. The van der Waals surface area contributed by atoms with Gasteiger partial charge in [0.1, 0.15) is 17.2 Å². The Bertz CT molecular complexity index is 839. The molecule has 3 aromatic rings. The minimum absolute atomic E-state index is 0.169. The van der Waals surface area contributed by atoms with Crippen molar-refractivity contribution in [2.45, 2.75) is 9.92 Å². The molecule has 0 aliphatic carbocycles. The van der Waals surface area contributed by atoms with Crippen LogP contribution in [-0.2, 0) is 0 Å². The van der Waals surface area contributed by atoms with Crippen LogP contribution in [-0.4, -0.2) is 21.0 Å². The van der Waals surface area contributed by atoms with E-state index in [1.807, 2.05) is 0 Å². The molecule has 1 heterocycles. The molecule has 0 aliphatic heterocycles. The van der Waals surface area contributed by atoms with Gasteiger partial charge in [-0.15, -0.1) is 0 Å². The molecule has 0 bridgehead atoms. The fraction of sp³-hybridized carbons (Fsp3) is 0. The SMILES string of the molecule is O=C(O)c1ccc2c(Sc3cccc(F)c3)ncnc2c1. The highest BCUT2D eigenvalue weighted by atomic mass is 32.2. The molecule has 0 radical (unpaired) electrons. The smallest absolute Gasteiger partial charge is 0.335 e. The number of halogens is 1. The molecule has 104 valence electrons. The minimum atomic E-state index is -1.00. The molecular weight excluding hydrogens is 291 g/mol. The molecule has 0 saturated carbocycles. The van der Waals surface area contributed by atoms with E-state index in [-0.39, 0.29) is 11.4 Å². The predicted molar refractivity (Wildman–Crippen MR) is 77.0 cm³/mol. The Balaban J connectivity index is 2.05. The molecule has 0 aliphatic rings. The molecule has 2 aromatic carbocycles. The van der Waals surface area contributed by atoms with Gasteiger partial charge in [-0.3, -0.25) is 0 Å². The van der Waals surface area contributed by atoms with Crippen LogP contribution in [0.5, 0.6) is 0 Å². The zero-order valence-corrected chi connectivity index (χ0v) is 11.5. The van der Waals surface area contributed by atoms with Crippen LogP contribution in [0.1, 0.15) is 10.4 Å².